The van der Waals surface area contributed by atoms with Gasteiger partial charge in [0.05, 0.1) is 19.9 Å². The minimum Gasteiger partial charge on any atom is -0.481 e. The Kier molecular flexibility index (Phi) is 4.06. The van der Waals surface area contributed by atoms with Crippen molar-refractivity contribution in [1.29, 1.82) is 0 Å². The highest BCUT2D eigenvalue weighted by atomic mass is 16.5. The summed E-state index contributed by atoms with van der Waals surface area (Å²) < 4.78 is 10.1. The molecule has 5 nitrogen and oxygen atoms in total. The van der Waals surface area contributed by atoms with Crippen LogP contribution in [0.1, 0.15) is 26.5 Å². The maximum Gasteiger partial charge on any atom is 0.319 e. The fourth-order valence-electron chi connectivity index (χ4n) is 1.09. The molecule has 0 aromatic carbocycles. The van der Waals surface area contributed by atoms with E-state index in [1.807, 2.05) is 0 Å². The van der Waals surface area contributed by atoms with E-state index in [2.05, 4.69) is 36.1 Å². The van der Waals surface area contributed by atoms with E-state index in [1.54, 1.807) is 13.2 Å². The number of nitrogens with one attached hydrogen (secondary N) is 1. The summed E-state index contributed by atoms with van der Waals surface area (Å²) in [6.07, 6.45) is 0. The molecular weight excluding hydrogens is 206 g/mol. The van der Waals surface area contributed by atoms with E-state index < -0.39 is 0 Å². The van der Waals surface area contributed by atoms with Gasteiger partial charge in [-0.1, -0.05) is 0 Å². The molecule has 0 radical (unpaired) electrons. The molecule has 0 bridgehead atoms. The van der Waals surface area contributed by atoms with E-state index in [9.17, 15) is 0 Å². The van der Waals surface area contributed by atoms with Crippen LogP contribution in [0.2, 0.25) is 0 Å². The number of rotatable bonds is 4. The van der Waals surface area contributed by atoms with Gasteiger partial charge in [0.15, 0.2) is 0 Å². The van der Waals surface area contributed by atoms with Crippen molar-refractivity contribution in [2.24, 2.45) is 0 Å². The number of ether oxygens (including phenoxy) is 2. The van der Waals surface area contributed by atoms with Gasteiger partial charge in [0, 0.05) is 18.2 Å². The summed E-state index contributed by atoms with van der Waals surface area (Å²) in [6, 6.07) is 2.12. The summed E-state index contributed by atoms with van der Waals surface area (Å²) in [6.45, 7) is 6.95. The molecule has 0 spiro atoms. The van der Waals surface area contributed by atoms with Gasteiger partial charge in [-0.15, -0.1) is 0 Å². The van der Waals surface area contributed by atoms with Crippen molar-refractivity contribution in [2.45, 2.75) is 32.9 Å². The topological polar surface area (TPSA) is 56.3 Å². The van der Waals surface area contributed by atoms with Gasteiger partial charge in [-0.05, 0) is 20.8 Å². The number of aromatic nitrogens is 2. The van der Waals surface area contributed by atoms with Crippen LogP contribution >= 0.6 is 0 Å². The highest BCUT2D eigenvalue weighted by Gasteiger charge is 2.11. The highest BCUT2D eigenvalue weighted by Crippen LogP contribution is 2.13. The van der Waals surface area contributed by atoms with Crippen molar-refractivity contribution in [3.05, 3.63) is 11.8 Å². The molecule has 1 rings (SSSR count). The minimum absolute atomic E-state index is 0.0470. The molecule has 0 amide bonds. The van der Waals surface area contributed by atoms with Crippen LogP contribution in [0.4, 0.5) is 0 Å². The maximum absolute atomic E-state index is 5.07. The third-order valence-corrected chi connectivity index (χ3v) is 1.93. The molecule has 16 heavy (non-hydrogen) atoms. The first-order valence-electron chi connectivity index (χ1n) is 5.15. The summed E-state index contributed by atoms with van der Waals surface area (Å²) in [5.41, 5.74) is 0.893. The Morgan fingerprint density at radius 3 is 2.38 bits per heavy atom. The van der Waals surface area contributed by atoms with Crippen LogP contribution < -0.4 is 14.8 Å². The third kappa shape index (κ3) is 4.02. The quantitative estimate of drug-likeness (QED) is 0.839. The number of methoxy groups -OCH3 is 2. The van der Waals surface area contributed by atoms with Gasteiger partial charge in [-0.25, -0.2) is 0 Å². The lowest BCUT2D eigenvalue weighted by Gasteiger charge is -2.20. The van der Waals surface area contributed by atoms with Crippen LogP contribution in [0.3, 0.4) is 0 Å². The second-order valence-corrected chi connectivity index (χ2v) is 4.49. The molecule has 90 valence electrons. The maximum atomic E-state index is 5.07. The average molecular weight is 225 g/mol. The first-order chi connectivity index (χ1) is 7.44. The molecule has 1 heterocycles. The van der Waals surface area contributed by atoms with Crippen molar-refractivity contribution >= 4 is 0 Å². The second-order valence-electron chi connectivity index (χ2n) is 4.49. The number of nitrogens with zero attached hydrogens (tertiary/aromatic N) is 2. The molecule has 1 aromatic heterocycles. The van der Waals surface area contributed by atoms with E-state index in [1.165, 1.54) is 7.11 Å². The third-order valence-electron chi connectivity index (χ3n) is 1.93. The smallest absolute Gasteiger partial charge is 0.319 e. The van der Waals surface area contributed by atoms with Gasteiger partial charge in [0.2, 0.25) is 5.88 Å². The summed E-state index contributed by atoms with van der Waals surface area (Å²) >= 11 is 0. The monoisotopic (exact) mass is 225 g/mol. The second kappa shape index (κ2) is 5.12. The van der Waals surface area contributed by atoms with Crippen LogP contribution in [0.15, 0.2) is 6.07 Å². The van der Waals surface area contributed by atoms with Crippen molar-refractivity contribution in [3.63, 3.8) is 0 Å². The zero-order valence-corrected chi connectivity index (χ0v) is 10.5. The normalized spacial score (nSPS) is 11.3. The molecule has 0 saturated carbocycles. The highest BCUT2D eigenvalue weighted by molar-refractivity contribution is 5.18. The predicted octanol–water partition coefficient (Wildman–Crippen LogP) is 1.38. The SMILES string of the molecule is COc1cc(CNC(C)(C)C)nc(OC)n1. The van der Waals surface area contributed by atoms with E-state index in [-0.39, 0.29) is 5.54 Å². The van der Waals surface area contributed by atoms with Gasteiger partial charge >= 0.3 is 6.01 Å². The van der Waals surface area contributed by atoms with Gasteiger partial charge in [-0.2, -0.15) is 9.97 Å². The van der Waals surface area contributed by atoms with Crippen molar-refractivity contribution in [3.8, 4) is 11.9 Å². The van der Waals surface area contributed by atoms with Gasteiger partial charge in [0.25, 0.3) is 0 Å². The average Bonchev–Trinajstić information content (AvgIpc) is 2.25. The summed E-state index contributed by atoms with van der Waals surface area (Å²) in [7, 11) is 3.11. The molecule has 0 aliphatic heterocycles. The Labute approximate surface area is 96.2 Å². The lowest BCUT2D eigenvalue weighted by molar-refractivity contribution is 0.346. The fourth-order valence-corrected chi connectivity index (χ4v) is 1.09. The largest absolute Gasteiger partial charge is 0.481 e. The van der Waals surface area contributed by atoms with E-state index in [4.69, 9.17) is 9.47 Å². The molecular formula is C11H19N3O2. The van der Waals surface area contributed by atoms with Crippen LogP contribution in [0.5, 0.6) is 11.9 Å². The number of hydrogen-bond donors (Lipinski definition) is 1. The summed E-state index contributed by atoms with van der Waals surface area (Å²) in [4.78, 5) is 8.26. The fraction of sp³-hybridized carbons (Fsp3) is 0.636. The molecule has 0 aliphatic carbocycles. The molecule has 0 saturated heterocycles. The van der Waals surface area contributed by atoms with Crippen LogP contribution in [0, 0.1) is 0 Å². The Morgan fingerprint density at radius 1 is 1.19 bits per heavy atom. The first-order valence-corrected chi connectivity index (χ1v) is 5.15. The molecule has 1 aromatic rings. The zero-order chi connectivity index (χ0) is 12.2. The predicted molar refractivity (Wildman–Crippen MR) is 61.7 cm³/mol. The molecule has 5 heteroatoms. The Morgan fingerprint density at radius 2 is 1.88 bits per heavy atom. The molecule has 0 fully saturated rings. The van der Waals surface area contributed by atoms with Crippen molar-refractivity contribution in [1.82, 2.24) is 15.3 Å². The lowest BCUT2D eigenvalue weighted by atomic mass is 10.1. The zero-order valence-electron chi connectivity index (χ0n) is 10.5. The standard InChI is InChI=1S/C11H19N3O2/c1-11(2,3)12-7-8-6-9(15-4)14-10(13-8)16-5/h6,12H,7H2,1-5H3. The van der Waals surface area contributed by atoms with E-state index in [0.717, 1.165) is 5.69 Å². The van der Waals surface area contributed by atoms with E-state index in [0.29, 0.717) is 18.4 Å². The Hall–Kier alpha value is -1.36. The Bertz CT molecular complexity index is 325. The molecule has 0 aliphatic rings. The van der Waals surface area contributed by atoms with Crippen molar-refractivity contribution in [2.75, 3.05) is 14.2 Å². The molecule has 0 unspecified atom stereocenters. The van der Waals surface area contributed by atoms with Gasteiger partial charge < -0.3 is 14.8 Å². The molecule has 1 N–H and O–H groups in total. The van der Waals surface area contributed by atoms with Gasteiger partial charge in [0.1, 0.15) is 0 Å². The van der Waals surface area contributed by atoms with E-state index >= 15 is 0 Å². The lowest BCUT2D eigenvalue weighted by Crippen LogP contribution is -2.35. The van der Waals surface area contributed by atoms with Crippen LogP contribution in [0.25, 0.3) is 0 Å². The first kappa shape index (κ1) is 12.7. The van der Waals surface area contributed by atoms with Crippen molar-refractivity contribution < 1.29 is 9.47 Å². The Balaban J connectivity index is 2.79. The van der Waals surface area contributed by atoms with Crippen LogP contribution in [-0.4, -0.2) is 29.7 Å². The molecule has 0 atom stereocenters. The summed E-state index contributed by atoms with van der Waals surface area (Å²) in [5, 5.41) is 3.34. The summed E-state index contributed by atoms with van der Waals surface area (Å²) in [5.74, 6) is 0.512. The van der Waals surface area contributed by atoms with Gasteiger partial charge in [-0.3, -0.25) is 0 Å². The minimum atomic E-state index is 0.0470. The van der Waals surface area contributed by atoms with Crippen LogP contribution in [-0.2, 0) is 6.54 Å². The number of hydrogen-bond acceptors (Lipinski definition) is 5.